The first kappa shape index (κ1) is 18.5. The van der Waals surface area contributed by atoms with Crippen molar-refractivity contribution in [1.29, 1.82) is 0 Å². The second-order valence-corrected chi connectivity index (χ2v) is 7.83. The van der Waals surface area contributed by atoms with Crippen LogP contribution >= 0.6 is 0 Å². The van der Waals surface area contributed by atoms with Gasteiger partial charge in [0.15, 0.2) is 5.60 Å². The zero-order valence-electron chi connectivity index (χ0n) is 16.8. The number of aryl methyl sites for hydroxylation is 1. The van der Waals surface area contributed by atoms with Gasteiger partial charge < -0.3 is 14.8 Å². The first-order chi connectivity index (χ1) is 13.4. The quantitative estimate of drug-likeness (QED) is 0.810. The van der Waals surface area contributed by atoms with Crippen LogP contribution in [0.1, 0.15) is 41.5 Å². The van der Waals surface area contributed by atoms with Crippen molar-refractivity contribution in [3.05, 3.63) is 46.5 Å². The third kappa shape index (κ3) is 2.77. The predicted octanol–water partition coefficient (Wildman–Crippen LogP) is 4.25. The van der Waals surface area contributed by atoms with Crippen molar-refractivity contribution in [2.75, 3.05) is 12.4 Å². The Kier molecular flexibility index (Phi) is 4.41. The highest BCUT2D eigenvalue weighted by Crippen LogP contribution is 2.50. The average Bonchev–Trinajstić information content (AvgIpc) is 2.65. The van der Waals surface area contributed by atoms with Crippen LogP contribution in [0.2, 0.25) is 0 Å². The van der Waals surface area contributed by atoms with Gasteiger partial charge in [-0.15, -0.1) is 0 Å². The predicted molar refractivity (Wildman–Crippen MR) is 108 cm³/mol. The number of anilines is 1. The summed E-state index contributed by atoms with van der Waals surface area (Å²) >= 11 is 0. The molecule has 4 rings (SSSR count). The van der Waals surface area contributed by atoms with E-state index in [4.69, 9.17) is 9.47 Å². The van der Waals surface area contributed by atoms with Gasteiger partial charge in [-0.3, -0.25) is 9.59 Å². The van der Waals surface area contributed by atoms with Gasteiger partial charge in [-0.1, -0.05) is 29.8 Å². The van der Waals surface area contributed by atoms with Crippen LogP contribution in [0.5, 0.6) is 5.75 Å². The number of nitrogens with one attached hydrogen (secondary N) is 1. The number of esters is 1. The van der Waals surface area contributed by atoms with E-state index in [0.717, 1.165) is 52.8 Å². The van der Waals surface area contributed by atoms with Crippen LogP contribution < -0.4 is 10.1 Å². The summed E-state index contributed by atoms with van der Waals surface area (Å²) in [4.78, 5) is 24.8. The van der Waals surface area contributed by atoms with Gasteiger partial charge in [0.05, 0.1) is 19.2 Å². The second-order valence-electron chi connectivity index (χ2n) is 7.83. The molecule has 0 saturated heterocycles. The number of benzene rings is 2. The van der Waals surface area contributed by atoms with Gasteiger partial charge in [-0.2, -0.15) is 0 Å². The van der Waals surface area contributed by atoms with E-state index >= 15 is 0 Å². The first-order valence-corrected chi connectivity index (χ1v) is 9.66. The SMILES string of the molecule is COC(=O)Cc1c(C)c2c(c(C)c1-c1ccc(C)cc1)OC1(CCC1)C(=O)N2. The zero-order valence-corrected chi connectivity index (χ0v) is 16.8. The highest BCUT2D eigenvalue weighted by molar-refractivity contribution is 6.04. The highest BCUT2D eigenvalue weighted by atomic mass is 16.5. The number of amides is 1. The van der Waals surface area contributed by atoms with Crippen molar-refractivity contribution >= 4 is 17.6 Å². The van der Waals surface area contributed by atoms with Crippen molar-refractivity contribution in [2.24, 2.45) is 0 Å². The Hall–Kier alpha value is -2.82. The maximum Gasteiger partial charge on any atom is 0.310 e. The molecule has 0 atom stereocenters. The summed E-state index contributed by atoms with van der Waals surface area (Å²) in [7, 11) is 1.39. The van der Waals surface area contributed by atoms with Gasteiger partial charge in [0.2, 0.25) is 0 Å². The van der Waals surface area contributed by atoms with E-state index in [2.05, 4.69) is 29.6 Å². The minimum atomic E-state index is -0.737. The van der Waals surface area contributed by atoms with Gasteiger partial charge in [0.1, 0.15) is 5.75 Å². The molecule has 1 aliphatic heterocycles. The normalized spacial score (nSPS) is 16.6. The molecule has 1 saturated carbocycles. The topological polar surface area (TPSA) is 64.6 Å². The fourth-order valence-electron chi connectivity index (χ4n) is 4.16. The summed E-state index contributed by atoms with van der Waals surface area (Å²) in [5, 5.41) is 3.07. The number of hydrogen-bond acceptors (Lipinski definition) is 4. The number of hydrogen-bond donors (Lipinski definition) is 1. The Morgan fingerprint density at radius 1 is 1.14 bits per heavy atom. The van der Waals surface area contributed by atoms with Crippen LogP contribution in [0, 0.1) is 20.8 Å². The fourth-order valence-corrected chi connectivity index (χ4v) is 4.16. The van der Waals surface area contributed by atoms with Crippen molar-refractivity contribution in [1.82, 2.24) is 0 Å². The number of methoxy groups -OCH3 is 1. The molecule has 1 amide bonds. The molecule has 5 nitrogen and oxygen atoms in total. The highest BCUT2D eigenvalue weighted by Gasteiger charge is 2.50. The molecule has 0 unspecified atom stereocenters. The molecular weight excluding hydrogens is 354 g/mol. The molecule has 5 heteroatoms. The molecule has 28 heavy (non-hydrogen) atoms. The molecular formula is C23H25NO4. The number of ether oxygens (including phenoxy) is 2. The Labute approximate surface area is 165 Å². The number of rotatable bonds is 3. The Balaban J connectivity index is 1.94. The molecule has 146 valence electrons. The minimum Gasteiger partial charge on any atom is -0.475 e. The van der Waals surface area contributed by atoms with E-state index in [1.165, 1.54) is 12.7 Å². The molecule has 2 aromatic rings. The summed E-state index contributed by atoms with van der Waals surface area (Å²) in [6, 6.07) is 8.23. The Morgan fingerprint density at radius 3 is 2.39 bits per heavy atom. The lowest BCUT2D eigenvalue weighted by Gasteiger charge is -2.44. The average molecular weight is 379 g/mol. The number of carbonyl (C=O) groups excluding carboxylic acids is 2. The van der Waals surface area contributed by atoms with Crippen molar-refractivity contribution in [3.8, 4) is 16.9 Å². The lowest BCUT2D eigenvalue weighted by Crippen LogP contribution is -2.55. The van der Waals surface area contributed by atoms with E-state index in [1.807, 2.05) is 20.8 Å². The molecule has 2 aliphatic rings. The lowest BCUT2D eigenvalue weighted by molar-refractivity contribution is -0.140. The van der Waals surface area contributed by atoms with E-state index in [1.54, 1.807) is 0 Å². The standard InChI is InChI=1S/C23H25NO4/c1-13-6-8-16(9-7-13)19-15(3)21-20(14(2)17(19)12-18(25)27-4)24-22(26)23(28-21)10-5-11-23/h6-9H,5,10-12H2,1-4H3,(H,24,26). The van der Waals surface area contributed by atoms with Crippen LogP contribution in [0.15, 0.2) is 24.3 Å². The van der Waals surface area contributed by atoms with Crippen LogP contribution in [-0.4, -0.2) is 24.6 Å². The lowest BCUT2D eigenvalue weighted by atomic mass is 9.77. The molecule has 1 heterocycles. The molecule has 1 N–H and O–H groups in total. The summed E-state index contributed by atoms with van der Waals surface area (Å²) in [6.45, 7) is 5.97. The third-order valence-corrected chi connectivity index (χ3v) is 6.07. The van der Waals surface area contributed by atoms with Gasteiger partial charge in [-0.05, 0) is 62.3 Å². The summed E-state index contributed by atoms with van der Waals surface area (Å²) < 4.78 is 11.2. The van der Waals surface area contributed by atoms with E-state index in [0.29, 0.717) is 5.69 Å². The summed E-state index contributed by atoms with van der Waals surface area (Å²) in [5.74, 6) is 0.330. The van der Waals surface area contributed by atoms with Crippen molar-refractivity contribution < 1.29 is 19.1 Å². The van der Waals surface area contributed by atoms with Crippen LogP contribution in [0.3, 0.4) is 0 Å². The molecule has 1 spiro atoms. The largest absolute Gasteiger partial charge is 0.475 e. The second kappa shape index (κ2) is 6.66. The maximum absolute atomic E-state index is 12.7. The first-order valence-electron chi connectivity index (χ1n) is 9.66. The van der Waals surface area contributed by atoms with Crippen LogP contribution in [0.4, 0.5) is 5.69 Å². The molecule has 2 aromatic carbocycles. The van der Waals surface area contributed by atoms with Gasteiger partial charge in [0, 0.05) is 5.56 Å². The summed E-state index contributed by atoms with van der Waals surface area (Å²) in [6.07, 6.45) is 2.60. The minimum absolute atomic E-state index is 0.0825. The van der Waals surface area contributed by atoms with Crippen molar-refractivity contribution in [3.63, 3.8) is 0 Å². The van der Waals surface area contributed by atoms with E-state index in [9.17, 15) is 9.59 Å². The molecule has 0 bridgehead atoms. The number of fused-ring (bicyclic) bond motifs is 1. The van der Waals surface area contributed by atoms with Crippen LogP contribution in [0.25, 0.3) is 11.1 Å². The van der Waals surface area contributed by atoms with E-state index < -0.39 is 5.60 Å². The van der Waals surface area contributed by atoms with Crippen LogP contribution in [-0.2, 0) is 20.7 Å². The van der Waals surface area contributed by atoms with Gasteiger partial charge >= 0.3 is 5.97 Å². The summed E-state index contributed by atoms with van der Waals surface area (Å²) in [5.41, 5.74) is 5.76. The zero-order chi connectivity index (χ0) is 20.1. The molecule has 0 aromatic heterocycles. The third-order valence-electron chi connectivity index (χ3n) is 6.07. The molecule has 1 fully saturated rings. The fraction of sp³-hybridized carbons (Fsp3) is 0.391. The van der Waals surface area contributed by atoms with E-state index in [-0.39, 0.29) is 18.3 Å². The Bertz CT molecular complexity index is 971. The van der Waals surface area contributed by atoms with Gasteiger partial charge in [-0.25, -0.2) is 0 Å². The maximum atomic E-state index is 12.7. The van der Waals surface area contributed by atoms with Crippen molar-refractivity contribution in [2.45, 2.75) is 52.1 Å². The molecule has 1 aliphatic carbocycles. The van der Waals surface area contributed by atoms with Gasteiger partial charge in [0.25, 0.3) is 5.91 Å². The monoisotopic (exact) mass is 379 g/mol. The number of carbonyl (C=O) groups is 2. The molecule has 0 radical (unpaired) electrons. The smallest absolute Gasteiger partial charge is 0.310 e. The Morgan fingerprint density at radius 2 is 1.82 bits per heavy atom.